The van der Waals surface area contributed by atoms with Crippen LogP contribution in [0.1, 0.15) is 35.8 Å². The molecule has 1 atom stereocenters. The molecular formula is C17H19FN4O3S. The number of anilines is 1. The van der Waals surface area contributed by atoms with Crippen LogP contribution in [0.2, 0.25) is 0 Å². The predicted molar refractivity (Wildman–Crippen MR) is 94.4 cm³/mol. The molecule has 7 nitrogen and oxygen atoms in total. The smallest absolute Gasteiger partial charge is 0.253 e. The fraction of sp³-hybridized carbons (Fsp3) is 0.471. The highest BCUT2D eigenvalue weighted by Crippen LogP contribution is 2.42. The van der Waals surface area contributed by atoms with Crippen LogP contribution in [0.5, 0.6) is 0 Å². The van der Waals surface area contributed by atoms with E-state index in [1.165, 1.54) is 6.92 Å². The maximum atomic E-state index is 14.1. The number of aromatic nitrogens is 2. The molecule has 0 saturated carbocycles. The van der Waals surface area contributed by atoms with Gasteiger partial charge in [0.05, 0.1) is 11.5 Å². The fourth-order valence-corrected chi connectivity index (χ4v) is 4.72. The monoisotopic (exact) mass is 378 g/mol. The maximum absolute atomic E-state index is 14.1. The number of ether oxygens (including phenoxy) is 1. The lowest BCUT2D eigenvalue weighted by Crippen LogP contribution is -2.45. The minimum atomic E-state index is -0.553. The molecule has 1 unspecified atom stereocenters. The molecule has 1 spiro atoms. The van der Waals surface area contributed by atoms with Gasteiger partial charge in [-0.05, 0) is 31.0 Å². The van der Waals surface area contributed by atoms with Crippen molar-refractivity contribution in [1.82, 2.24) is 14.9 Å². The van der Waals surface area contributed by atoms with Gasteiger partial charge in [0.2, 0.25) is 11.9 Å². The van der Waals surface area contributed by atoms with Crippen LogP contribution in [0.25, 0.3) is 0 Å². The fourth-order valence-electron chi connectivity index (χ4n) is 3.79. The SMILES string of the molecule is CC(=O)Nc1nc(F)c(CN2CCCC3(C2)OCc2c3cc[nH]c2=O)s1. The van der Waals surface area contributed by atoms with E-state index in [9.17, 15) is 14.0 Å². The minimum Gasteiger partial charge on any atom is -0.364 e. The third-order valence-electron chi connectivity index (χ3n) is 4.88. The Balaban J connectivity index is 1.54. The molecular weight excluding hydrogens is 359 g/mol. The summed E-state index contributed by atoms with van der Waals surface area (Å²) >= 11 is 1.14. The Morgan fingerprint density at radius 1 is 1.58 bits per heavy atom. The highest BCUT2D eigenvalue weighted by molar-refractivity contribution is 7.15. The van der Waals surface area contributed by atoms with E-state index in [2.05, 4.69) is 20.2 Å². The Hall–Kier alpha value is -2.10. The van der Waals surface area contributed by atoms with Gasteiger partial charge in [-0.1, -0.05) is 11.3 Å². The zero-order chi connectivity index (χ0) is 18.3. The van der Waals surface area contributed by atoms with Crippen molar-refractivity contribution in [1.29, 1.82) is 0 Å². The van der Waals surface area contributed by atoms with Gasteiger partial charge in [0.25, 0.3) is 5.56 Å². The molecule has 138 valence electrons. The number of nitrogens with zero attached hydrogens (tertiary/aromatic N) is 2. The number of hydrogen-bond donors (Lipinski definition) is 2. The number of halogens is 1. The number of fused-ring (bicyclic) bond motifs is 2. The summed E-state index contributed by atoms with van der Waals surface area (Å²) in [5.41, 5.74) is 1.01. The Morgan fingerprint density at radius 3 is 3.23 bits per heavy atom. The normalized spacial score (nSPS) is 22.5. The van der Waals surface area contributed by atoms with Crippen molar-refractivity contribution in [2.75, 3.05) is 18.4 Å². The first-order valence-electron chi connectivity index (χ1n) is 8.47. The maximum Gasteiger partial charge on any atom is 0.253 e. The third-order valence-corrected chi connectivity index (χ3v) is 5.81. The van der Waals surface area contributed by atoms with E-state index < -0.39 is 11.5 Å². The number of amides is 1. The first-order valence-corrected chi connectivity index (χ1v) is 9.29. The molecule has 1 saturated heterocycles. The van der Waals surface area contributed by atoms with Crippen molar-refractivity contribution in [2.24, 2.45) is 0 Å². The Morgan fingerprint density at radius 2 is 2.42 bits per heavy atom. The van der Waals surface area contributed by atoms with Crippen LogP contribution in [-0.2, 0) is 28.3 Å². The molecule has 0 bridgehead atoms. The second-order valence-corrected chi connectivity index (χ2v) is 7.79. The lowest BCUT2D eigenvalue weighted by atomic mass is 9.85. The number of piperidine rings is 1. The molecule has 9 heteroatoms. The van der Waals surface area contributed by atoms with Crippen molar-refractivity contribution >= 4 is 22.4 Å². The molecule has 2 aliphatic heterocycles. The number of H-pyrrole nitrogens is 1. The number of carbonyl (C=O) groups is 1. The van der Waals surface area contributed by atoms with E-state index in [1.807, 2.05) is 6.07 Å². The molecule has 0 aromatic carbocycles. The third kappa shape index (κ3) is 3.06. The summed E-state index contributed by atoms with van der Waals surface area (Å²) in [6, 6.07) is 1.91. The van der Waals surface area contributed by atoms with Crippen molar-refractivity contribution in [2.45, 2.75) is 38.5 Å². The van der Waals surface area contributed by atoms with Crippen LogP contribution >= 0.6 is 11.3 Å². The molecule has 0 aliphatic carbocycles. The summed E-state index contributed by atoms with van der Waals surface area (Å²) in [5.74, 6) is -0.828. The molecule has 1 amide bonds. The molecule has 2 N–H and O–H groups in total. The summed E-state index contributed by atoms with van der Waals surface area (Å²) in [6.45, 7) is 3.48. The Kier molecular flexibility index (Phi) is 4.37. The van der Waals surface area contributed by atoms with Crippen molar-refractivity contribution in [3.63, 3.8) is 0 Å². The van der Waals surface area contributed by atoms with Gasteiger partial charge in [-0.2, -0.15) is 9.37 Å². The van der Waals surface area contributed by atoms with E-state index in [0.717, 1.165) is 36.3 Å². The molecule has 4 heterocycles. The van der Waals surface area contributed by atoms with Crippen molar-refractivity contribution < 1.29 is 13.9 Å². The van der Waals surface area contributed by atoms with E-state index in [4.69, 9.17) is 4.74 Å². The number of carbonyl (C=O) groups excluding carboxylic acids is 1. The second-order valence-electron chi connectivity index (χ2n) is 6.71. The molecule has 4 rings (SSSR count). The lowest BCUT2D eigenvalue weighted by Gasteiger charge is -2.40. The predicted octanol–water partition coefficient (Wildman–Crippen LogP) is 1.95. The number of rotatable bonds is 3. The highest BCUT2D eigenvalue weighted by Gasteiger charge is 2.44. The zero-order valence-corrected chi connectivity index (χ0v) is 15.1. The quantitative estimate of drug-likeness (QED) is 0.852. The van der Waals surface area contributed by atoms with Gasteiger partial charge in [0.15, 0.2) is 5.13 Å². The van der Waals surface area contributed by atoms with E-state index in [0.29, 0.717) is 30.1 Å². The van der Waals surface area contributed by atoms with Gasteiger partial charge < -0.3 is 15.0 Å². The van der Waals surface area contributed by atoms with Gasteiger partial charge in [0.1, 0.15) is 5.60 Å². The molecule has 26 heavy (non-hydrogen) atoms. The molecule has 2 aromatic rings. The second kappa shape index (κ2) is 6.57. The largest absolute Gasteiger partial charge is 0.364 e. The van der Waals surface area contributed by atoms with Gasteiger partial charge in [-0.3, -0.25) is 14.5 Å². The Labute approximate surface area is 153 Å². The van der Waals surface area contributed by atoms with Crippen LogP contribution in [0.15, 0.2) is 17.1 Å². The van der Waals surface area contributed by atoms with E-state index in [-0.39, 0.29) is 16.6 Å². The van der Waals surface area contributed by atoms with Crippen LogP contribution in [0.3, 0.4) is 0 Å². The number of aromatic amines is 1. The van der Waals surface area contributed by atoms with Crippen LogP contribution < -0.4 is 10.9 Å². The van der Waals surface area contributed by atoms with Crippen molar-refractivity contribution in [3.8, 4) is 0 Å². The first-order chi connectivity index (χ1) is 12.5. The summed E-state index contributed by atoms with van der Waals surface area (Å²) in [6.07, 6.45) is 3.38. The lowest BCUT2D eigenvalue weighted by molar-refractivity contribution is -0.114. The van der Waals surface area contributed by atoms with Crippen LogP contribution in [-0.4, -0.2) is 33.9 Å². The average molecular weight is 378 g/mol. The number of likely N-dealkylation sites (tertiary alicyclic amines) is 1. The molecule has 1 fully saturated rings. The molecule has 2 aliphatic rings. The topological polar surface area (TPSA) is 87.3 Å². The number of pyridine rings is 1. The highest BCUT2D eigenvalue weighted by atomic mass is 32.1. The molecule has 2 aromatic heterocycles. The number of nitrogens with one attached hydrogen (secondary N) is 2. The first kappa shape index (κ1) is 17.3. The van der Waals surface area contributed by atoms with Crippen LogP contribution in [0.4, 0.5) is 9.52 Å². The van der Waals surface area contributed by atoms with Gasteiger partial charge in [-0.15, -0.1) is 0 Å². The number of thiazole rings is 1. The average Bonchev–Trinajstić information content (AvgIpc) is 3.10. The van der Waals surface area contributed by atoms with E-state index >= 15 is 0 Å². The Bertz CT molecular complexity index is 912. The van der Waals surface area contributed by atoms with Crippen LogP contribution in [0, 0.1) is 5.95 Å². The zero-order valence-electron chi connectivity index (χ0n) is 14.3. The number of hydrogen-bond acceptors (Lipinski definition) is 6. The van der Waals surface area contributed by atoms with Gasteiger partial charge in [-0.25, -0.2) is 0 Å². The van der Waals surface area contributed by atoms with E-state index in [1.54, 1.807) is 6.20 Å². The standard InChI is InChI=1S/C17H19FN4O3S/c1-10(23)20-16-21-14(18)13(26-16)7-22-6-2-4-17(9-22)12-3-5-19-15(24)11(12)8-25-17/h3,5H,2,4,6-9H2,1H3,(H,19,24)(H,20,21,23). The van der Waals surface area contributed by atoms with Gasteiger partial charge in [0, 0.05) is 31.8 Å². The minimum absolute atomic E-state index is 0.107. The summed E-state index contributed by atoms with van der Waals surface area (Å²) in [5, 5.41) is 2.79. The van der Waals surface area contributed by atoms with Gasteiger partial charge >= 0.3 is 0 Å². The summed E-state index contributed by atoms with van der Waals surface area (Å²) < 4.78 is 20.2. The van der Waals surface area contributed by atoms with Crippen molar-refractivity contribution in [3.05, 3.63) is 44.6 Å². The molecule has 0 radical (unpaired) electrons. The summed E-state index contributed by atoms with van der Waals surface area (Å²) in [7, 11) is 0. The summed E-state index contributed by atoms with van der Waals surface area (Å²) in [4.78, 5) is 32.2.